The van der Waals surface area contributed by atoms with E-state index in [2.05, 4.69) is 35.9 Å². The molecule has 0 saturated carbocycles. The van der Waals surface area contributed by atoms with Crippen LogP contribution in [0.4, 0.5) is 5.69 Å². The average Bonchev–Trinajstić information content (AvgIpc) is 2.67. The number of hydrogen-bond acceptors (Lipinski definition) is 3. The summed E-state index contributed by atoms with van der Waals surface area (Å²) in [5, 5.41) is 0. The van der Waals surface area contributed by atoms with Gasteiger partial charge >= 0.3 is 0 Å². The maximum absolute atomic E-state index is 11.7. The molecule has 2 rings (SSSR count). The zero-order chi connectivity index (χ0) is 14.5. The molecular formula is C17H26N2O. The van der Waals surface area contributed by atoms with Crippen molar-refractivity contribution in [3.63, 3.8) is 0 Å². The molecule has 110 valence electrons. The van der Waals surface area contributed by atoms with Crippen LogP contribution in [-0.4, -0.2) is 43.4 Å². The number of carbonyl (C=O) groups excluding carboxylic acids is 1. The lowest BCUT2D eigenvalue weighted by molar-refractivity contribution is 0.0988. The second-order valence-electron chi connectivity index (χ2n) is 5.69. The molecule has 0 amide bonds. The van der Waals surface area contributed by atoms with Crippen LogP contribution in [0.1, 0.15) is 43.5 Å². The van der Waals surface area contributed by atoms with Gasteiger partial charge in [-0.3, -0.25) is 4.79 Å². The molecule has 0 bridgehead atoms. The molecule has 3 nitrogen and oxygen atoms in total. The first-order valence-electron chi connectivity index (χ1n) is 7.74. The van der Waals surface area contributed by atoms with E-state index in [4.69, 9.17) is 0 Å². The third-order valence-corrected chi connectivity index (χ3v) is 4.22. The largest absolute Gasteiger partial charge is 0.367 e. The SMILES string of the molecule is CCC(=O)c1ccc(N2CCCN(C)CC2CC)cc1. The van der Waals surface area contributed by atoms with E-state index in [0.717, 1.165) is 25.1 Å². The normalized spacial score (nSPS) is 20.8. The molecule has 1 saturated heterocycles. The maximum Gasteiger partial charge on any atom is 0.162 e. The molecule has 3 heteroatoms. The van der Waals surface area contributed by atoms with Crippen LogP contribution < -0.4 is 4.90 Å². The summed E-state index contributed by atoms with van der Waals surface area (Å²) in [6, 6.07) is 8.73. The number of hydrogen-bond donors (Lipinski definition) is 0. The van der Waals surface area contributed by atoms with Crippen LogP contribution in [-0.2, 0) is 0 Å². The van der Waals surface area contributed by atoms with Crippen molar-refractivity contribution in [1.29, 1.82) is 0 Å². The Kier molecular flexibility index (Phi) is 5.18. The highest BCUT2D eigenvalue weighted by atomic mass is 16.1. The zero-order valence-corrected chi connectivity index (χ0v) is 12.9. The summed E-state index contributed by atoms with van der Waals surface area (Å²) >= 11 is 0. The summed E-state index contributed by atoms with van der Waals surface area (Å²) in [4.78, 5) is 16.6. The van der Waals surface area contributed by atoms with Crippen LogP contribution in [0, 0.1) is 0 Å². The molecule has 1 unspecified atom stereocenters. The molecule has 0 radical (unpaired) electrons. The molecule has 1 heterocycles. The molecule has 1 aliphatic heterocycles. The molecule has 1 fully saturated rings. The Hall–Kier alpha value is -1.35. The predicted molar refractivity (Wildman–Crippen MR) is 84.6 cm³/mol. The fraction of sp³-hybridized carbons (Fsp3) is 0.588. The van der Waals surface area contributed by atoms with E-state index in [1.807, 2.05) is 19.1 Å². The second-order valence-corrected chi connectivity index (χ2v) is 5.69. The van der Waals surface area contributed by atoms with Crippen molar-refractivity contribution in [3.05, 3.63) is 29.8 Å². The quantitative estimate of drug-likeness (QED) is 0.788. The molecule has 1 aromatic carbocycles. The first kappa shape index (κ1) is 15.0. The van der Waals surface area contributed by atoms with Gasteiger partial charge in [-0.2, -0.15) is 0 Å². The number of anilines is 1. The molecule has 0 N–H and O–H groups in total. The van der Waals surface area contributed by atoms with Crippen LogP contribution in [0.5, 0.6) is 0 Å². The van der Waals surface area contributed by atoms with Crippen LogP contribution in [0.15, 0.2) is 24.3 Å². The highest BCUT2D eigenvalue weighted by Crippen LogP contribution is 2.22. The van der Waals surface area contributed by atoms with Crippen molar-refractivity contribution in [3.8, 4) is 0 Å². The van der Waals surface area contributed by atoms with Crippen molar-refractivity contribution < 1.29 is 4.79 Å². The van der Waals surface area contributed by atoms with Gasteiger partial charge in [0.2, 0.25) is 0 Å². The highest BCUT2D eigenvalue weighted by molar-refractivity contribution is 5.96. The number of carbonyl (C=O) groups is 1. The average molecular weight is 274 g/mol. The van der Waals surface area contributed by atoms with Crippen LogP contribution >= 0.6 is 0 Å². The number of rotatable bonds is 4. The molecule has 1 aliphatic rings. The minimum atomic E-state index is 0.221. The Balaban J connectivity index is 2.18. The van der Waals surface area contributed by atoms with E-state index in [9.17, 15) is 4.79 Å². The fourth-order valence-electron chi connectivity index (χ4n) is 2.98. The lowest BCUT2D eigenvalue weighted by Crippen LogP contribution is -2.39. The van der Waals surface area contributed by atoms with Gasteiger partial charge in [-0.15, -0.1) is 0 Å². The van der Waals surface area contributed by atoms with Crippen molar-refractivity contribution in [2.24, 2.45) is 0 Å². The third-order valence-electron chi connectivity index (χ3n) is 4.22. The first-order chi connectivity index (χ1) is 9.65. The summed E-state index contributed by atoms with van der Waals surface area (Å²) < 4.78 is 0. The van der Waals surface area contributed by atoms with E-state index in [1.54, 1.807) is 0 Å². The smallest absolute Gasteiger partial charge is 0.162 e. The zero-order valence-electron chi connectivity index (χ0n) is 12.9. The summed E-state index contributed by atoms with van der Waals surface area (Å²) in [6.45, 7) is 7.55. The van der Waals surface area contributed by atoms with E-state index in [-0.39, 0.29) is 5.78 Å². The molecular weight excluding hydrogens is 248 g/mol. The van der Waals surface area contributed by atoms with Crippen LogP contribution in [0.2, 0.25) is 0 Å². The van der Waals surface area contributed by atoms with Crippen LogP contribution in [0.25, 0.3) is 0 Å². The molecule has 20 heavy (non-hydrogen) atoms. The Bertz CT molecular complexity index is 441. The highest BCUT2D eigenvalue weighted by Gasteiger charge is 2.22. The Morgan fingerprint density at radius 1 is 1.20 bits per heavy atom. The summed E-state index contributed by atoms with van der Waals surface area (Å²) in [5.74, 6) is 0.221. The fourth-order valence-corrected chi connectivity index (χ4v) is 2.98. The van der Waals surface area contributed by atoms with E-state index in [0.29, 0.717) is 12.5 Å². The van der Waals surface area contributed by atoms with Gasteiger partial charge in [0, 0.05) is 36.8 Å². The summed E-state index contributed by atoms with van der Waals surface area (Å²) in [6.07, 6.45) is 2.92. The minimum Gasteiger partial charge on any atom is -0.367 e. The van der Waals surface area contributed by atoms with Crippen molar-refractivity contribution in [2.45, 2.75) is 39.2 Å². The topological polar surface area (TPSA) is 23.6 Å². The molecule has 1 atom stereocenters. The second kappa shape index (κ2) is 6.89. The van der Waals surface area contributed by atoms with Gasteiger partial charge in [0.1, 0.15) is 0 Å². The Morgan fingerprint density at radius 3 is 2.50 bits per heavy atom. The number of nitrogens with zero attached hydrogens (tertiary/aromatic N) is 2. The van der Waals surface area contributed by atoms with Gasteiger partial charge < -0.3 is 9.80 Å². The standard InChI is InChI=1S/C17H26N2O/c1-4-15-13-18(3)11-6-12-19(15)16-9-7-14(8-10-16)17(20)5-2/h7-10,15H,4-6,11-13H2,1-3H3. The number of likely N-dealkylation sites (N-methyl/N-ethyl adjacent to an activating group) is 1. The van der Waals surface area contributed by atoms with Gasteiger partial charge in [0.25, 0.3) is 0 Å². The Morgan fingerprint density at radius 2 is 1.90 bits per heavy atom. The van der Waals surface area contributed by atoms with Gasteiger partial charge in [-0.25, -0.2) is 0 Å². The van der Waals surface area contributed by atoms with Gasteiger partial charge in [-0.1, -0.05) is 13.8 Å². The van der Waals surface area contributed by atoms with Crippen molar-refractivity contribution in [2.75, 3.05) is 31.6 Å². The summed E-state index contributed by atoms with van der Waals surface area (Å²) in [7, 11) is 2.20. The first-order valence-corrected chi connectivity index (χ1v) is 7.74. The number of ketones is 1. The van der Waals surface area contributed by atoms with Crippen molar-refractivity contribution in [1.82, 2.24) is 4.90 Å². The predicted octanol–water partition coefficient (Wildman–Crippen LogP) is 3.20. The van der Waals surface area contributed by atoms with E-state index < -0.39 is 0 Å². The summed E-state index contributed by atoms with van der Waals surface area (Å²) in [5.41, 5.74) is 2.08. The molecule has 0 aromatic heterocycles. The van der Waals surface area contributed by atoms with Crippen molar-refractivity contribution >= 4 is 11.5 Å². The monoisotopic (exact) mass is 274 g/mol. The van der Waals surface area contributed by atoms with Gasteiger partial charge in [0.15, 0.2) is 5.78 Å². The Labute approximate surface area is 122 Å². The lowest BCUT2D eigenvalue weighted by Gasteiger charge is -2.32. The minimum absolute atomic E-state index is 0.221. The maximum atomic E-state index is 11.7. The lowest BCUT2D eigenvalue weighted by atomic mass is 10.1. The van der Waals surface area contributed by atoms with E-state index >= 15 is 0 Å². The molecule has 0 aliphatic carbocycles. The van der Waals surface area contributed by atoms with Gasteiger partial charge in [-0.05, 0) is 50.7 Å². The van der Waals surface area contributed by atoms with E-state index in [1.165, 1.54) is 18.7 Å². The molecule has 0 spiro atoms. The molecule has 1 aromatic rings. The third kappa shape index (κ3) is 3.40. The number of Topliss-reactive ketones (excluding diaryl/α,β-unsaturated/α-hetero) is 1. The van der Waals surface area contributed by atoms with Crippen LogP contribution in [0.3, 0.4) is 0 Å². The number of benzene rings is 1. The van der Waals surface area contributed by atoms with Gasteiger partial charge in [0.05, 0.1) is 0 Å².